The standard InChI is InChI=1S/C19H15ClN2O3S/c1-25-17(24)10-16-18(12-6-8-14(20)9-7-12)22-19(26-16)21-11-13-4-2-3-5-15(13)23/h2-9,11,23H,10H2,1H3/b21-11-. The van der Waals surface area contributed by atoms with Crippen LogP contribution < -0.4 is 0 Å². The number of hydrogen-bond acceptors (Lipinski definition) is 6. The van der Waals surface area contributed by atoms with Crippen LogP contribution in [0.5, 0.6) is 5.75 Å². The molecule has 0 unspecified atom stereocenters. The predicted octanol–water partition coefficient (Wildman–Crippen LogP) is 4.64. The average molecular weight is 387 g/mol. The highest BCUT2D eigenvalue weighted by Crippen LogP contribution is 2.34. The molecule has 1 N–H and O–H groups in total. The van der Waals surface area contributed by atoms with E-state index in [0.29, 0.717) is 21.4 Å². The van der Waals surface area contributed by atoms with Crippen LogP contribution in [0.4, 0.5) is 5.13 Å². The summed E-state index contributed by atoms with van der Waals surface area (Å²) >= 11 is 7.25. The van der Waals surface area contributed by atoms with E-state index >= 15 is 0 Å². The van der Waals surface area contributed by atoms with Gasteiger partial charge in [-0.3, -0.25) is 4.79 Å². The molecule has 0 amide bonds. The summed E-state index contributed by atoms with van der Waals surface area (Å²) < 4.78 is 4.77. The molecule has 7 heteroatoms. The third kappa shape index (κ3) is 4.28. The van der Waals surface area contributed by atoms with E-state index in [2.05, 4.69) is 9.98 Å². The lowest BCUT2D eigenvalue weighted by molar-refractivity contribution is -0.139. The fourth-order valence-corrected chi connectivity index (χ4v) is 3.31. The van der Waals surface area contributed by atoms with Crippen molar-refractivity contribution < 1.29 is 14.6 Å². The van der Waals surface area contributed by atoms with Crippen LogP contribution in [-0.4, -0.2) is 29.4 Å². The maximum Gasteiger partial charge on any atom is 0.310 e. The van der Waals surface area contributed by atoms with Gasteiger partial charge in [-0.25, -0.2) is 9.98 Å². The van der Waals surface area contributed by atoms with Crippen molar-refractivity contribution in [1.29, 1.82) is 0 Å². The Morgan fingerprint density at radius 3 is 2.69 bits per heavy atom. The second kappa shape index (κ2) is 8.12. The number of methoxy groups -OCH3 is 1. The number of nitrogens with zero attached hydrogens (tertiary/aromatic N) is 2. The molecule has 0 aliphatic rings. The quantitative estimate of drug-likeness (QED) is 0.512. The van der Waals surface area contributed by atoms with Crippen molar-refractivity contribution in [3.63, 3.8) is 0 Å². The van der Waals surface area contributed by atoms with Crippen molar-refractivity contribution in [2.75, 3.05) is 7.11 Å². The summed E-state index contributed by atoms with van der Waals surface area (Å²) in [6.45, 7) is 0. The van der Waals surface area contributed by atoms with Crippen LogP contribution in [0.2, 0.25) is 5.02 Å². The molecule has 0 saturated carbocycles. The van der Waals surface area contributed by atoms with Crippen LogP contribution >= 0.6 is 22.9 Å². The predicted molar refractivity (Wildman–Crippen MR) is 104 cm³/mol. The molecule has 26 heavy (non-hydrogen) atoms. The Balaban J connectivity index is 1.96. The molecule has 0 bridgehead atoms. The second-order valence-electron chi connectivity index (χ2n) is 5.35. The number of carbonyl (C=O) groups excluding carboxylic acids is 1. The molecule has 1 heterocycles. The Morgan fingerprint density at radius 2 is 2.00 bits per heavy atom. The van der Waals surface area contributed by atoms with Crippen LogP contribution in [0.1, 0.15) is 10.4 Å². The average Bonchev–Trinajstić information content (AvgIpc) is 3.04. The molecule has 0 radical (unpaired) electrons. The number of aliphatic imine (C=N–C) groups is 1. The summed E-state index contributed by atoms with van der Waals surface area (Å²) in [6, 6.07) is 14.1. The molecule has 5 nitrogen and oxygen atoms in total. The molecule has 3 aromatic rings. The number of thiazole rings is 1. The molecule has 1 aromatic heterocycles. The first-order valence-electron chi connectivity index (χ1n) is 7.71. The van der Waals surface area contributed by atoms with Gasteiger partial charge < -0.3 is 9.84 Å². The van der Waals surface area contributed by atoms with Gasteiger partial charge in [-0.2, -0.15) is 0 Å². The molecule has 0 spiro atoms. The van der Waals surface area contributed by atoms with Crippen molar-refractivity contribution in [3.05, 3.63) is 64.0 Å². The number of benzene rings is 2. The van der Waals surface area contributed by atoms with E-state index in [9.17, 15) is 9.90 Å². The zero-order valence-electron chi connectivity index (χ0n) is 13.8. The Morgan fingerprint density at radius 1 is 1.27 bits per heavy atom. The molecule has 0 atom stereocenters. The summed E-state index contributed by atoms with van der Waals surface area (Å²) in [4.78, 5) is 21.3. The molecule has 0 saturated heterocycles. The highest BCUT2D eigenvalue weighted by molar-refractivity contribution is 7.15. The largest absolute Gasteiger partial charge is 0.507 e. The smallest absolute Gasteiger partial charge is 0.310 e. The second-order valence-corrected chi connectivity index (χ2v) is 6.84. The summed E-state index contributed by atoms with van der Waals surface area (Å²) in [5.74, 6) is -0.208. The zero-order chi connectivity index (χ0) is 18.5. The van der Waals surface area contributed by atoms with Crippen LogP contribution in [0.25, 0.3) is 11.3 Å². The van der Waals surface area contributed by atoms with Crippen LogP contribution in [0, 0.1) is 0 Å². The van der Waals surface area contributed by atoms with Gasteiger partial charge in [-0.15, -0.1) is 0 Å². The van der Waals surface area contributed by atoms with Gasteiger partial charge in [-0.1, -0.05) is 47.2 Å². The van der Waals surface area contributed by atoms with Gasteiger partial charge >= 0.3 is 5.97 Å². The number of aromatic hydroxyl groups is 1. The number of phenolic OH excluding ortho intramolecular Hbond substituents is 1. The number of ether oxygens (including phenoxy) is 1. The zero-order valence-corrected chi connectivity index (χ0v) is 15.4. The maximum absolute atomic E-state index is 11.7. The van der Waals surface area contributed by atoms with E-state index < -0.39 is 0 Å². The van der Waals surface area contributed by atoms with Crippen LogP contribution in [0.15, 0.2) is 53.5 Å². The first kappa shape index (κ1) is 18.1. The molecule has 3 rings (SSSR count). The minimum absolute atomic E-state index is 0.109. The van der Waals surface area contributed by atoms with Gasteiger partial charge in [0, 0.05) is 27.2 Å². The van der Waals surface area contributed by atoms with Gasteiger partial charge in [0.1, 0.15) is 5.75 Å². The van der Waals surface area contributed by atoms with Crippen molar-refractivity contribution in [1.82, 2.24) is 4.98 Å². The number of halogens is 1. The number of phenols is 1. The van der Waals surface area contributed by atoms with Gasteiger partial charge in [0.05, 0.1) is 19.2 Å². The summed E-state index contributed by atoms with van der Waals surface area (Å²) in [5.41, 5.74) is 2.10. The van der Waals surface area contributed by atoms with Gasteiger partial charge in [0.2, 0.25) is 5.13 Å². The SMILES string of the molecule is COC(=O)Cc1sc(/N=C\c2ccccc2O)nc1-c1ccc(Cl)cc1. The lowest BCUT2D eigenvalue weighted by Gasteiger charge is -2.01. The first-order valence-corrected chi connectivity index (χ1v) is 8.91. The van der Waals surface area contributed by atoms with Gasteiger partial charge in [-0.05, 0) is 24.3 Å². The summed E-state index contributed by atoms with van der Waals surface area (Å²) in [7, 11) is 1.35. The van der Waals surface area contributed by atoms with E-state index in [1.807, 2.05) is 18.2 Å². The summed E-state index contributed by atoms with van der Waals surface area (Å²) in [5, 5.41) is 10.9. The van der Waals surface area contributed by atoms with E-state index in [1.54, 1.807) is 36.5 Å². The first-order chi connectivity index (χ1) is 12.6. The Bertz CT molecular complexity index is 952. The normalized spacial score (nSPS) is 11.0. The van der Waals surface area contributed by atoms with Gasteiger partial charge in [0.15, 0.2) is 0 Å². The molecular formula is C19H15ClN2O3S. The number of esters is 1. The lowest BCUT2D eigenvalue weighted by atomic mass is 10.1. The highest BCUT2D eigenvalue weighted by atomic mass is 35.5. The number of para-hydroxylation sites is 1. The van der Waals surface area contributed by atoms with Crippen molar-refractivity contribution in [3.8, 4) is 17.0 Å². The fraction of sp³-hybridized carbons (Fsp3) is 0.105. The van der Waals surface area contributed by atoms with Crippen LogP contribution in [0.3, 0.4) is 0 Å². The highest BCUT2D eigenvalue weighted by Gasteiger charge is 2.16. The number of aromatic nitrogens is 1. The maximum atomic E-state index is 11.7. The summed E-state index contributed by atoms with van der Waals surface area (Å²) in [6.07, 6.45) is 1.65. The van der Waals surface area contributed by atoms with E-state index in [1.165, 1.54) is 18.4 Å². The number of carbonyl (C=O) groups is 1. The van der Waals surface area contributed by atoms with Crippen molar-refractivity contribution >= 4 is 40.3 Å². The topological polar surface area (TPSA) is 71.8 Å². The van der Waals surface area contributed by atoms with E-state index in [0.717, 1.165) is 10.4 Å². The monoisotopic (exact) mass is 386 g/mol. The van der Waals surface area contributed by atoms with E-state index in [4.69, 9.17) is 16.3 Å². The minimum Gasteiger partial charge on any atom is -0.507 e. The number of hydrogen-bond donors (Lipinski definition) is 1. The molecule has 0 aliphatic heterocycles. The molecule has 132 valence electrons. The number of rotatable bonds is 5. The molecular weight excluding hydrogens is 372 g/mol. The van der Waals surface area contributed by atoms with Crippen molar-refractivity contribution in [2.24, 2.45) is 4.99 Å². The Kier molecular flexibility index (Phi) is 5.65. The molecule has 0 aliphatic carbocycles. The molecule has 0 fully saturated rings. The third-order valence-corrected chi connectivity index (χ3v) is 4.80. The third-order valence-electron chi connectivity index (χ3n) is 3.59. The minimum atomic E-state index is -0.347. The molecule has 2 aromatic carbocycles. The van der Waals surface area contributed by atoms with Gasteiger partial charge in [0.25, 0.3) is 0 Å². The van der Waals surface area contributed by atoms with Crippen LogP contribution in [-0.2, 0) is 16.0 Å². The Hall–Kier alpha value is -2.70. The lowest BCUT2D eigenvalue weighted by Crippen LogP contribution is -2.03. The Labute approximate surface area is 159 Å². The van der Waals surface area contributed by atoms with E-state index in [-0.39, 0.29) is 18.1 Å². The van der Waals surface area contributed by atoms with Crippen molar-refractivity contribution in [2.45, 2.75) is 6.42 Å². The fourth-order valence-electron chi connectivity index (χ4n) is 2.27.